The van der Waals surface area contributed by atoms with Crippen molar-refractivity contribution in [3.63, 3.8) is 0 Å². The summed E-state index contributed by atoms with van der Waals surface area (Å²) >= 11 is 2.71. The van der Waals surface area contributed by atoms with Gasteiger partial charge in [-0.25, -0.2) is 0 Å². The number of hydrogen-bond acceptors (Lipinski definition) is 6. The lowest BCUT2D eigenvalue weighted by Gasteiger charge is -2.18. The zero-order valence-corrected chi connectivity index (χ0v) is 13.6. The van der Waals surface area contributed by atoms with Gasteiger partial charge < -0.3 is 11.1 Å². The molecular weight excluding hydrogens is 304 g/mol. The van der Waals surface area contributed by atoms with Crippen molar-refractivity contribution in [3.8, 4) is 0 Å². The van der Waals surface area contributed by atoms with Gasteiger partial charge in [0.15, 0.2) is 4.34 Å². The van der Waals surface area contributed by atoms with Crippen molar-refractivity contribution in [1.82, 2.24) is 15.5 Å². The molecule has 5 nitrogen and oxygen atoms in total. The van der Waals surface area contributed by atoms with Crippen LogP contribution in [-0.4, -0.2) is 21.4 Å². The second-order valence-electron chi connectivity index (χ2n) is 4.56. The van der Waals surface area contributed by atoms with Crippen LogP contribution in [0.25, 0.3) is 0 Å². The van der Waals surface area contributed by atoms with Crippen LogP contribution in [0.2, 0.25) is 0 Å². The molecule has 1 aromatic carbocycles. The Morgan fingerprint density at radius 1 is 1.38 bits per heavy atom. The molecular formula is C14H18N4OS2. The molecule has 1 heterocycles. The largest absolute Gasteiger partial charge is 0.374 e. The molecule has 2 atom stereocenters. The molecule has 0 fully saturated rings. The molecule has 1 amide bonds. The topological polar surface area (TPSA) is 80.9 Å². The minimum absolute atomic E-state index is 0.00706. The highest BCUT2D eigenvalue weighted by atomic mass is 32.2. The van der Waals surface area contributed by atoms with Crippen molar-refractivity contribution >= 4 is 34.1 Å². The van der Waals surface area contributed by atoms with Gasteiger partial charge in [-0.05, 0) is 18.9 Å². The molecule has 0 spiro atoms. The maximum Gasteiger partial charge on any atom is 0.234 e. The van der Waals surface area contributed by atoms with Gasteiger partial charge in [-0.3, -0.25) is 4.79 Å². The van der Waals surface area contributed by atoms with Crippen LogP contribution >= 0.6 is 23.1 Å². The van der Waals surface area contributed by atoms with E-state index in [1.165, 1.54) is 23.1 Å². The van der Waals surface area contributed by atoms with Crippen LogP contribution in [0.4, 0.5) is 5.13 Å². The third kappa shape index (κ3) is 4.44. The molecule has 0 aliphatic rings. The fourth-order valence-corrected chi connectivity index (χ4v) is 3.66. The standard InChI is InChI=1S/C14H18N4OS2/c1-3-11(20-14-18-17-13(15)21-14)12(19)16-9(2)10-7-5-4-6-8-10/h4-9,11H,3H2,1-2H3,(H2,15,17)(H,16,19)/t9-,11+/m1/s1. The van der Waals surface area contributed by atoms with E-state index in [2.05, 4.69) is 15.5 Å². The number of rotatable bonds is 6. The molecule has 21 heavy (non-hydrogen) atoms. The molecule has 1 aromatic heterocycles. The van der Waals surface area contributed by atoms with Crippen molar-refractivity contribution in [1.29, 1.82) is 0 Å². The Morgan fingerprint density at radius 2 is 2.10 bits per heavy atom. The van der Waals surface area contributed by atoms with Crippen molar-refractivity contribution in [3.05, 3.63) is 35.9 Å². The van der Waals surface area contributed by atoms with Gasteiger partial charge in [0, 0.05) is 0 Å². The van der Waals surface area contributed by atoms with Gasteiger partial charge in [0.2, 0.25) is 11.0 Å². The third-order valence-electron chi connectivity index (χ3n) is 2.99. The van der Waals surface area contributed by atoms with Crippen LogP contribution in [0.1, 0.15) is 31.9 Å². The van der Waals surface area contributed by atoms with E-state index in [1.807, 2.05) is 44.2 Å². The predicted octanol–water partition coefficient (Wildman–Crippen LogP) is 2.87. The fraction of sp³-hybridized carbons (Fsp3) is 0.357. The van der Waals surface area contributed by atoms with Gasteiger partial charge >= 0.3 is 0 Å². The van der Waals surface area contributed by atoms with Crippen molar-refractivity contribution in [2.75, 3.05) is 5.73 Å². The zero-order chi connectivity index (χ0) is 15.2. The molecule has 112 valence electrons. The summed E-state index contributed by atoms with van der Waals surface area (Å²) in [7, 11) is 0. The average Bonchev–Trinajstić information content (AvgIpc) is 2.90. The SMILES string of the molecule is CC[C@H](Sc1nnc(N)s1)C(=O)N[C@H](C)c1ccccc1. The Morgan fingerprint density at radius 3 is 2.67 bits per heavy atom. The lowest BCUT2D eigenvalue weighted by Crippen LogP contribution is -2.34. The van der Waals surface area contributed by atoms with Gasteiger partial charge in [-0.1, -0.05) is 60.4 Å². The van der Waals surface area contributed by atoms with Gasteiger partial charge in [0.25, 0.3) is 0 Å². The highest BCUT2D eigenvalue weighted by Gasteiger charge is 2.21. The summed E-state index contributed by atoms with van der Waals surface area (Å²) in [4.78, 5) is 12.4. The van der Waals surface area contributed by atoms with Crippen molar-refractivity contribution in [2.45, 2.75) is 35.9 Å². The van der Waals surface area contributed by atoms with Crippen LogP contribution < -0.4 is 11.1 Å². The van der Waals surface area contributed by atoms with E-state index in [0.29, 0.717) is 5.13 Å². The normalized spacial score (nSPS) is 13.6. The summed E-state index contributed by atoms with van der Waals surface area (Å²) in [5, 5.41) is 11.0. The maximum atomic E-state index is 12.4. The first kappa shape index (κ1) is 15.8. The Labute approximate surface area is 132 Å². The Hall–Kier alpha value is -1.60. The van der Waals surface area contributed by atoms with E-state index in [0.717, 1.165) is 16.3 Å². The first-order valence-electron chi connectivity index (χ1n) is 6.71. The number of nitrogen functional groups attached to an aromatic ring is 1. The van der Waals surface area contributed by atoms with Gasteiger partial charge in [-0.15, -0.1) is 10.2 Å². The lowest BCUT2D eigenvalue weighted by molar-refractivity contribution is -0.121. The van der Waals surface area contributed by atoms with E-state index in [1.54, 1.807) is 0 Å². The molecule has 2 rings (SSSR count). The highest BCUT2D eigenvalue weighted by Crippen LogP contribution is 2.29. The first-order valence-corrected chi connectivity index (χ1v) is 8.40. The van der Waals surface area contributed by atoms with Gasteiger partial charge in [-0.2, -0.15) is 0 Å². The van der Waals surface area contributed by atoms with E-state index in [-0.39, 0.29) is 17.2 Å². The number of nitrogens with one attached hydrogen (secondary N) is 1. The predicted molar refractivity (Wildman–Crippen MR) is 87.3 cm³/mol. The number of carbonyl (C=O) groups is 1. The van der Waals surface area contributed by atoms with E-state index >= 15 is 0 Å². The fourth-order valence-electron chi connectivity index (χ4n) is 1.84. The number of thioether (sulfide) groups is 1. The van der Waals surface area contributed by atoms with E-state index in [9.17, 15) is 4.79 Å². The summed E-state index contributed by atoms with van der Waals surface area (Å²) in [6.45, 7) is 3.96. The number of nitrogens with two attached hydrogens (primary N) is 1. The Kier molecular flexibility index (Phi) is 5.58. The van der Waals surface area contributed by atoms with Gasteiger partial charge in [0.05, 0.1) is 11.3 Å². The van der Waals surface area contributed by atoms with Crippen molar-refractivity contribution < 1.29 is 4.79 Å². The Balaban J connectivity index is 1.97. The number of carbonyl (C=O) groups excluding carboxylic acids is 1. The molecule has 0 saturated carbocycles. The quantitative estimate of drug-likeness (QED) is 0.799. The second-order valence-corrected chi connectivity index (χ2v) is 7.02. The molecule has 0 bridgehead atoms. The molecule has 7 heteroatoms. The zero-order valence-electron chi connectivity index (χ0n) is 11.9. The highest BCUT2D eigenvalue weighted by molar-refractivity contribution is 8.02. The minimum Gasteiger partial charge on any atom is -0.374 e. The van der Waals surface area contributed by atoms with Crippen LogP contribution in [0, 0.1) is 0 Å². The van der Waals surface area contributed by atoms with Gasteiger partial charge in [0.1, 0.15) is 0 Å². The van der Waals surface area contributed by atoms with Crippen LogP contribution in [0.15, 0.2) is 34.7 Å². The molecule has 0 aliphatic heterocycles. The lowest BCUT2D eigenvalue weighted by atomic mass is 10.1. The number of benzene rings is 1. The molecule has 0 radical (unpaired) electrons. The molecule has 0 unspecified atom stereocenters. The smallest absolute Gasteiger partial charge is 0.234 e. The summed E-state index contributed by atoms with van der Waals surface area (Å²) in [5.41, 5.74) is 6.65. The number of nitrogens with zero attached hydrogens (tertiary/aromatic N) is 2. The number of aromatic nitrogens is 2. The molecule has 2 aromatic rings. The maximum absolute atomic E-state index is 12.4. The summed E-state index contributed by atoms with van der Waals surface area (Å²) in [6, 6.07) is 9.88. The summed E-state index contributed by atoms with van der Waals surface area (Å²) in [5.74, 6) is 0.00706. The van der Waals surface area contributed by atoms with Crippen LogP contribution in [-0.2, 0) is 4.79 Å². The average molecular weight is 322 g/mol. The number of amides is 1. The number of anilines is 1. The van der Waals surface area contributed by atoms with Crippen LogP contribution in [0.5, 0.6) is 0 Å². The third-order valence-corrected chi connectivity index (χ3v) is 5.19. The molecule has 0 saturated heterocycles. The summed E-state index contributed by atoms with van der Waals surface area (Å²) in [6.07, 6.45) is 0.720. The monoisotopic (exact) mass is 322 g/mol. The van der Waals surface area contributed by atoms with E-state index in [4.69, 9.17) is 5.73 Å². The van der Waals surface area contributed by atoms with Crippen LogP contribution in [0.3, 0.4) is 0 Å². The molecule has 3 N–H and O–H groups in total. The minimum atomic E-state index is -0.191. The number of hydrogen-bond donors (Lipinski definition) is 2. The van der Waals surface area contributed by atoms with Crippen molar-refractivity contribution in [2.24, 2.45) is 0 Å². The first-order chi connectivity index (χ1) is 10.1. The molecule has 0 aliphatic carbocycles. The summed E-state index contributed by atoms with van der Waals surface area (Å²) < 4.78 is 0.724. The Bertz CT molecular complexity index is 588. The van der Waals surface area contributed by atoms with E-state index < -0.39 is 0 Å². The second kappa shape index (κ2) is 7.42.